The van der Waals surface area contributed by atoms with Crippen molar-refractivity contribution in [3.8, 4) is 0 Å². The molecule has 4 fully saturated rings. The molecule has 1 amide bonds. The molecule has 4 rings (SSSR count). The van der Waals surface area contributed by atoms with E-state index in [1.165, 1.54) is 11.8 Å². The predicted octanol–water partition coefficient (Wildman–Crippen LogP) is 3.02. The van der Waals surface area contributed by atoms with E-state index in [4.69, 9.17) is 14.0 Å². The molecule has 3 saturated heterocycles. The first-order chi connectivity index (χ1) is 16.8. The first-order valence-electron chi connectivity index (χ1n) is 12.5. The molecular weight excluding hydrogens is 520 g/mol. The van der Waals surface area contributed by atoms with E-state index in [-0.39, 0.29) is 29.1 Å². The lowest BCUT2D eigenvalue weighted by molar-refractivity contribution is -0.171. The van der Waals surface area contributed by atoms with Crippen molar-refractivity contribution in [3.63, 3.8) is 0 Å². The molecule has 0 aromatic rings. The number of fused-ring (bicyclic) bond motifs is 1. The third kappa shape index (κ3) is 4.63. The van der Waals surface area contributed by atoms with Gasteiger partial charge in [0.2, 0.25) is 5.91 Å². The number of alkyl halides is 2. The number of nitrogens with zero attached hydrogens (tertiary/aromatic N) is 1. The molecule has 4 aliphatic rings. The molecule has 7 unspecified atom stereocenters. The van der Waals surface area contributed by atoms with Crippen LogP contribution in [0.5, 0.6) is 0 Å². The molecule has 204 valence electrons. The lowest BCUT2D eigenvalue weighted by Crippen LogP contribution is -2.52. The molecule has 0 aromatic heterocycles. The van der Waals surface area contributed by atoms with E-state index >= 15 is 0 Å². The highest BCUT2D eigenvalue weighted by Crippen LogP contribution is 2.60. The van der Waals surface area contributed by atoms with Crippen molar-refractivity contribution in [2.45, 2.75) is 106 Å². The Hall–Kier alpha value is -1.47. The first kappa shape index (κ1) is 27.6. The van der Waals surface area contributed by atoms with E-state index in [9.17, 15) is 31.6 Å². The molecule has 3 aliphatic heterocycles. The van der Waals surface area contributed by atoms with Crippen LogP contribution >= 0.6 is 11.8 Å². The van der Waals surface area contributed by atoms with Crippen molar-refractivity contribution in [1.29, 1.82) is 0 Å². The molecule has 2 bridgehead atoms. The molecule has 0 spiro atoms. The van der Waals surface area contributed by atoms with Gasteiger partial charge in [-0.05, 0) is 33.6 Å². The summed E-state index contributed by atoms with van der Waals surface area (Å²) in [5.41, 5.74) is 0. The van der Waals surface area contributed by atoms with Crippen molar-refractivity contribution in [2.75, 3.05) is 0 Å². The van der Waals surface area contributed by atoms with Crippen molar-refractivity contribution in [3.05, 3.63) is 0 Å². The largest absolute Gasteiger partial charge is 0.459 e. The third-order valence-electron chi connectivity index (χ3n) is 7.90. The average Bonchev–Trinajstić information content (AvgIpc) is 3.35. The van der Waals surface area contributed by atoms with Gasteiger partial charge in [-0.15, -0.1) is 11.8 Å². The number of hydrogen-bond donors (Lipinski definition) is 1. The van der Waals surface area contributed by atoms with Gasteiger partial charge < -0.3 is 14.4 Å². The van der Waals surface area contributed by atoms with E-state index in [2.05, 4.69) is 0 Å². The summed E-state index contributed by atoms with van der Waals surface area (Å²) in [7, 11) is -5.83. The zero-order valence-electron chi connectivity index (χ0n) is 20.5. The molecule has 1 aliphatic carbocycles. The summed E-state index contributed by atoms with van der Waals surface area (Å²) in [6.07, 6.45) is 3.21. The molecule has 13 heteroatoms. The maximum atomic E-state index is 14.0. The van der Waals surface area contributed by atoms with Crippen molar-refractivity contribution >= 4 is 39.7 Å². The smallest absolute Gasteiger partial charge is 0.405 e. The highest BCUT2D eigenvalue weighted by Gasteiger charge is 2.72. The molecule has 1 N–H and O–H groups in total. The lowest BCUT2D eigenvalue weighted by atomic mass is 9.78. The van der Waals surface area contributed by atoms with Gasteiger partial charge in [-0.25, -0.2) is 0 Å². The fourth-order valence-corrected chi connectivity index (χ4v) is 8.67. The number of carbonyl (C=O) groups is 3. The van der Waals surface area contributed by atoms with Crippen molar-refractivity contribution in [1.82, 2.24) is 4.90 Å². The molecule has 0 aromatic carbocycles. The molecule has 0 radical (unpaired) electrons. The Kier molecular flexibility index (Phi) is 7.67. The van der Waals surface area contributed by atoms with Crippen LogP contribution in [0.3, 0.4) is 0 Å². The Morgan fingerprint density at radius 2 is 1.64 bits per heavy atom. The zero-order chi connectivity index (χ0) is 26.6. The number of amides is 1. The minimum atomic E-state index is -5.83. The number of rotatable bonds is 7. The Balaban J connectivity index is 1.57. The van der Waals surface area contributed by atoms with Crippen LogP contribution in [0, 0.1) is 17.8 Å². The summed E-state index contributed by atoms with van der Waals surface area (Å²) in [4.78, 5) is 41.2. The second-order valence-electron chi connectivity index (χ2n) is 10.5. The van der Waals surface area contributed by atoms with Gasteiger partial charge in [-0.3, -0.25) is 18.9 Å². The Labute approximate surface area is 213 Å². The Morgan fingerprint density at radius 1 is 1.06 bits per heavy atom. The monoisotopic (exact) mass is 553 g/mol. The fourth-order valence-electron chi connectivity index (χ4n) is 6.11. The number of esters is 2. The number of thioether (sulfide) groups is 1. The van der Waals surface area contributed by atoms with E-state index in [0.29, 0.717) is 19.8 Å². The van der Waals surface area contributed by atoms with E-state index in [0.717, 1.165) is 32.1 Å². The van der Waals surface area contributed by atoms with E-state index < -0.39 is 56.7 Å². The van der Waals surface area contributed by atoms with Crippen LogP contribution in [0.1, 0.15) is 65.7 Å². The SMILES string of the molecule is CC(C)N1C(=O)C2C3SC(C(OC(=O)C4CCCCCCC4)C31)C2C(=O)OC(C)C(F)(F)S(=O)(=O)O. The number of likely N-dealkylation sites (tertiary alicyclic amines) is 1. The van der Waals surface area contributed by atoms with Gasteiger partial charge >= 0.3 is 27.3 Å². The van der Waals surface area contributed by atoms with Gasteiger partial charge in [0.05, 0.1) is 29.0 Å². The second-order valence-corrected chi connectivity index (χ2v) is 13.4. The zero-order valence-corrected chi connectivity index (χ0v) is 22.1. The molecule has 1 saturated carbocycles. The summed E-state index contributed by atoms with van der Waals surface area (Å²) in [5, 5.41) is -5.78. The fraction of sp³-hybridized carbons (Fsp3) is 0.870. The summed E-state index contributed by atoms with van der Waals surface area (Å²) in [5.74, 6) is -4.16. The molecular formula is C23H33F2NO8S2. The van der Waals surface area contributed by atoms with Crippen molar-refractivity contribution < 1.29 is 45.6 Å². The summed E-state index contributed by atoms with van der Waals surface area (Å²) >= 11 is 1.32. The maximum absolute atomic E-state index is 14.0. The summed E-state index contributed by atoms with van der Waals surface area (Å²) in [6, 6.07) is -0.676. The third-order valence-corrected chi connectivity index (χ3v) is 10.7. The van der Waals surface area contributed by atoms with Crippen LogP contribution in [-0.2, 0) is 34.0 Å². The van der Waals surface area contributed by atoms with Gasteiger partial charge in [-0.2, -0.15) is 17.2 Å². The number of halogens is 2. The molecule has 9 nitrogen and oxygen atoms in total. The first-order valence-corrected chi connectivity index (χ1v) is 14.9. The average molecular weight is 554 g/mol. The van der Waals surface area contributed by atoms with Crippen LogP contribution in [0.2, 0.25) is 0 Å². The van der Waals surface area contributed by atoms with E-state index in [1.54, 1.807) is 4.90 Å². The highest BCUT2D eigenvalue weighted by atomic mass is 32.2. The maximum Gasteiger partial charge on any atom is 0.405 e. The Bertz CT molecular complexity index is 998. The summed E-state index contributed by atoms with van der Waals surface area (Å²) in [6.45, 7) is 4.30. The van der Waals surface area contributed by atoms with Gasteiger partial charge in [-0.1, -0.05) is 32.1 Å². The number of hydrogen-bond acceptors (Lipinski definition) is 8. The molecule has 36 heavy (non-hydrogen) atoms. The minimum absolute atomic E-state index is 0.241. The van der Waals surface area contributed by atoms with Crippen LogP contribution < -0.4 is 0 Å². The van der Waals surface area contributed by atoms with Crippen LogP contribution in [0.15, 0.2) is 0 Å². The molecule has 7 atom stereocenters. The van der Waals surface area contributed by atoms with Crippen LogP contribution in [-0.4, -0.2) is 75.8 Å². The lowest BCUT2D eigenvalue weighted by Gasteiger charge is -2.35. The standard InChI is InChI=1S/C23H33F2NO8S2/c1-11(2)26-16-17(34-21(28)13-9-7-5-4-6-8-10-13)19-15(14(20(26)27)18(16)35-19)22(29)33-12(3)23(24,25)36(30,31)32/h11-19H,4-10H2,1-3H3,(H,30,31,32). The van der Waals surface area contributed by atoms with Crippen LogP contribution in [0.4, 0.5) is 8.78 Å². The normalized spacial score (nSPS) is 34.0. The minimum Gasteiger partial charge on any atom is -0.459 e. The topological polar surface area (TPSA) is 127 Å². The summed E-state index contributed by atoms with van der Waals surface area (Å²) < 4.78 is 69.9. The van der Waals surface area contributed by atoms with Gasteiger partial charge in [0.1, 0.15) is 6.10 Å². The van der Waals surface area contributed by atoms with Crippen LogP contribution in [0.25, 0.3) is 0 Å². The van der Waals surface area contributed by atoms with Gasteiger partial charge in [0.25, 0.3) is 0 Å². The number of ether oxygens (including phenoxy) is 2. The number of carbonyl (C=O) groups excluding carboxylic acids is 3. The molecule has 3 heterocycles. The van der Waals surface area contributed by atoms with Gasteiger partial charge in [0.15, 0.2) is 6.10 Å². The van der Waals surface area contributed by atoms with Gasteiger partial charge in [0, 0.05) is 11.3 Å². The Morgan fingerprint density at radius 3 is 2.19 bits per heavy atom. The highest BCUT2D eigenvalue weighted by molar-refractivity contribution is 8.01. The van der Waals surface area contributed by atoms with Crippen molar-refractivity contribution in [2.24, 2.45) is 17.8 Å². The van der Waals surface area contributed by atoms with E-state index in [1.807, 2.05) is 13.8 Å². The second kappa shape index (κ2) is 10.0. The quantitative estimate of drug-likeness (QED) is 0.374. The predicted molar refractivity (Wildman–Crippen MR) is 126 cm³/mol.